The zero-order valence-electron chi connectivity index (χ0n) is 11.3. The van der Waals surface area contributed by atoms with Gasteiger partial charge in [-0.1, -0.05) is 6.07 Å². The second-order valence-electron chi connectivity index (χ2n) is 4.67. The molecular formula is C15H16F2N2O. The van der Waals surface area contributed by atoms with E-state index in [1.807, 2.05) is 13.8 Å². The molecule has 106 valence electrons. The van der Waals surface area contributed by atoms with Gasteiger partial charge in [-0.3, -0.25) is 0 Å². The molecule has 0 aliphatic rings. The molecule has 0 aliphatic heterocycles. The summed E-state index contributed by atoms with van der Waals surface area (Å²) < 4.78 is 31.9. The van der Waals surface area contributed by atoms with E-state index in [1.54, 1.807) is 18.2 Å². The molecule has 0 atom stereocenters. The van der Waals surface area contributed by atoms with Crippen LogP contribution in [0.1, 0.15) is 13.8 Å². The predicted octanol–water partition coefficient (Wildman–Crippen LogP) is 4.08. The van der Waals surface area contributed by atoms with E-state index in [2.05, 4.69) is 5.32 Å². The van der Waals surface area contributed by atoms with Gasteiger partial charge in [-0.15, -0.1) is 0 Å². The number of anilines is 3. The molecule has 0 heterocycles. The number of ether oxygens (including phenoxy) is 1. The first-order valence-corrected chi connectivity index (χ1v) is 6.24. The molecule has 20 heavy (non-hydrogen) atoms. The fourth-order valence-corrected chi connectivity index (χ4v) is 1.79. The molecule has 2 aromatic carbocycles. The molecule has 2 rings (SSSR count). The molecule has 0 saturated carbocycles. The van der Waals surface area contributed by atoms with Crippen molar-refractivity contribution in [3.8, 4) is 5.75 Å². The van der Waals surface area contributed by atoms with E-state index in [1.165, 1.54) is 12.1 Å². The smallest absolute Gasteiger partial charge is 0.144 e. The topological polar surface area (TPSA) is 47.3 Å². The molecule has 0 unspecified atom stereocenters. The second-order valence-corrected chi connectivity index (χ2v) is 4.67. The van der Waals surface area contributed by atoms with Crippen molar-refractivity contribution < 1.29 is 13.5 Å². The number of benzene rings is 2. The van der Waals surface area contributed by atoms with Gasteiger partial charge in [0.1, 0.15) is 17.4 Å². The molecular weight excluding hydrogens is 262 g/mol. The number of nitrogens with two attached hydrogens (primary N) is 1. The number of para-hydroxylation sites is 1. The molecule has 0 aliphatic carbocycles. The van der Waals surface area contributed by atoms with E-state index in [4.69, 9.17) is 10.5 Å². The van der Waals surface area contributed by atoms with Crippen LogP contribution >= 0.6 is 0 Å². The zero-order chi connectivity index (χ0) is 14.7. The molecule has 0 bridgehead atoms. The van der Waals surface area contributed by atoms with Gasteiger partial charge in [0.25, 0.3) is 0 Å². The Morgan fingerprint density at radius 3 is 2.35 bits per heavy atom. The van der Waals surface area contributed by atoms with Crippen molar-refractivity contribution in [1.82, 2.24) is 0 Å². The van der Waals surface area contributed by atoms with Crippen molar-refractivity contribution in [1.29, 1.82) is 0 Å². The average Bonchev–Trinajstić information content (AvgIpc) is 2.32. The van der Waals surface area contributed by atoms with Gasteiger partial charge in [0.2, 0.25) is 0 Å². The Kier molecular flexibility index (Phi) is 4.08. The third-order valence-corrected chi connectivity index (χ3v) is 2.57. The van der Waals surface area contributed by atoms with Crippen LogP contribution in [-0.4, -0.2) is 6.10 Å². The SMILES string of the molecule is CC(C)Oc1cccc(Nc2cc(F)cc(F)c2)c1N. The fourth-order valence-electron chi connectivity index (χ4n) is 1.79. The molecule has 5 heteroatoms. The Hall–Kier alpha value is -2.30. The van der Waals surface area contributed by atoms with Gasteiger partial charge in [0.05, 0.1) is 17.5 Å². The lowest BCUT2D eigenvalue weighted by Gasteiger charge is -2.15. The minimum absolute atomic E-state index is 0.0147. The maximum absolute atomic E-state index is 13.1. The number of halogens is 2. The van der Waals surface area contributed by atoms with E-state index < -0.39 is 11.6 Å². The Balaban J connectivity index is 2.29. The van der Waals surface area contributed by atoms with Crippen molar-refractivity contribution >= 4 is 17.1 Å². The summed E-state index contributed by atoms with van der Waals surface area (Å²) in [5.74, 6) is -0.775. The number of nitrogen functional groups attached to an aromatic ring is 1. The monoisotopic (exact) mass is 278 g/mol. The summed E-state index contributed by atoms with van der Waals surface area (Å²) in [6.07, 6.45) is -0.0147. The molecule has 0 amide bonds. The van der Waals surface area contributed by atoms with Gasteiger partial charge in [0.15, 0.2) is 0 Å². The standard InChI is InChI=1S/C15H16F2N2O/c1-9(2)20-14-5-3-4-13(15(14)18)19-12-7-10(16)6-11(17)8-12/h3-9,19H,18H2,1-2H3. The van der Waals surface area contributed by atoms with Crippen LogP contribution in [0.25, 0.3) is 0 Å². The van der Waals surface area contributed by atoms with Crippen LogP contribution in [-0.2, 0) is 0 Å². The Labute approximate surface area is 116 Å². The van der Waals surface area contributed by atoms with E-state index in [-0.39, 0.29) is 11.8 Å². The summed E-state index contributed by atoms with van der Waals surface area (Å²) in [6.45, 7) is 3.78. The normalized spacial score (nSPS) is 10.7. The molecule has 2 aromatic rings. The van der Waals surface area contributed by atoms with Crippen molar-refractivity contribution in [3.05, 3.63) is 48.0 Å². The highest BCUT2D eigenvalue weighted by Crippen LogP contribution is 2.32. The molecule has 0 spiro atoms. The van der Waals surface area contributed by atoms with Gasteiger partial charge in [-0.2, -0.15) is 0 Å². The molecule has 3 N–H and O–H groups in total. The van der Waals surface area contributed by atoms with Crippen LogP contribution in [0.5, 0.6) is 5.75 Å². The third kappa shape index (κ3) is 3.38. The molecule has 0 radical (unpaired) electrons. The van der Waals surface area contributed by atoms with E-state index in [0.717, 1.165) is 6.07 Å². The highest BCUT2D eigenvalue weighted by molar-refractivity contribution is 5.77. The van der Waals surface area contributed by atoms with Crippen LogP contribution in [0, 0.1) is 11.6 Å². The van der Waals surface area contributed by atoms with Crippen molar-refractivity contribution in [3.63, 3.8) is 0 Å². The first-order chi connectivity index (χ1) is 9.45. The quantitative estimate of drug-likeness (QED) is 0.828. The largest absolute Gasteiger partial charge is 0.489 e. The molecule has 3 nitrogen and oxygen atoms in total. The summed E-state index contributed by atoms with van der Waals surface area (Å²) in [5.41, 5.74) is 7.20. The van der Waals surface area contributed by atoms with Gasteiger partial charge in [-0.25, -0.2) is 8.78 Å². The Morgan fingerprint density at radius 1 is 1.10 bits per heavy atom. The first kappa shape index (κ1) is 14.1. The fraction of sp³-hybridized carbons (Fsp3) is 0.200. The average molecular weight is 278 g/mol. The third-order valence-electron chi connectivity index (χ3n) is 2.57. The van der Waals surface area contributed by atoms with Crippen LogP contribution in [0.3, 0.4) is 0 Å². The summed E-state index contributed by atoms with van der Waals surface area (Å²) in [4.78, 5) is 0. The minimum atomic E-state index is -0.652. The minimum Gasteiger partial charge on any atom is -0.489 e. The van der Waals surface area contributed by atoms with E-state index in [9.17, 15) is 8.78 Å². The van der Waals surface area contributed by atoms with E-state index >= 15 is 0 Å². The molecule has 0 aromatic heterocycles. The van der Waals surface area contributed by atoms with Crippen molar-refractivity contribution in [2.75, 3.05) is 11.1 Å². The summed E-state index contributed by atoms with van der Waals surface area (Å²) in [6, 6.07) is 8.41. The summed E-state index contributed by atoms with van der Waals surface area (Å²) >= 11 is 0. The second kappa shape index (κ2) is 5.77. The van der Waals surface area contributed by atoms with Crippen molar-refractivity contribution in [2.24, 2.45) is 0 Å². The van der Waals surface area contributed by atoms with Crippen LogP contribution in [0.4, 0.5) is 25.8 Å². The maximum atomic E-state index is 13.1. The lowest BCUT2D eigenvalue weighted by Crippen LogP contribution is -2.08. The number of hydrogen-bond donors (Lipinski definition) is 2. The van der Waals surface area contributed by atoms with Gasteiger partial charge < -0.3 is 15.8 Å². The maximum Gasteiger partial charge on any atom is 0.144 e. The van der Waals surface area contributed by atoms with Gasteiger partial charge in [-0.05, 0) is 38.1 Å². The lowest BCUT2D eigenvalue weighted by atomic mass is 10.2. The van der Waals surface area contributed by atoms with Gasteiger partial charge in [0, 0.05) is 11.8 Å². The Bertz CT molecular complexity index is 595. The summed E-state index contributed by atoms with van der Waals surface area (Å²) in [5, 5.41) is 2.88. The lowest BCUT2D eigenvalue weighted by molar-refractivity contribution is 0.244. The van der Waals surface area contributed by atoms with Gasteiger partial charge >= 0.3 is 0 Å². The first-order valence-electron chi connectivity index (χ1n) is 6.24. The van der Waals surface area contributed by atoms with Crippen LogP contribution in [0.15, 0.2) is 36.4 Å². The molecule has 0 saturated heterocycles. The predicted molar refractivity (Wildman–Crippen MR) is 76.3 cm³/mol. The van der Waals surface area contributed by atoms with Crippen LogP contribution in [0.2, 0.25) is 0 Å². The number of nitrogens with one attached hydrogen (secondary N) is 1. The van der Waals surface area contributed by atoms with Crippen molar-refractivity contribution in [2.45, 2.75) is 20.0 Å². The van der Waals surface area contributed by atoms with Crippen LogP contribution < -0.4 is 15.8 Å². The highest BCUT2D eigenvalue weighted by Gasteiger charge is 2.09. The zero-order valence-corrected chi connectivity index (χ0v) is 11.3. The summed E-state index contributed by atoms with van der Waals surface area (Å²) in [7, 11) is 0. The number of rotatable bonds is 4. The van der Waals surface area contributed by atoms with E-state index in [0.29, 0.717) is 17.1 Å². The number of hydrogen-bond acceptors (Lipinski definition) is 3. The molecule has 0 fully saturated rings. The Morgan fingerprint density at radius 2 is 1.75 bits per heavy atom. The highest BCUT2D eigenvalue weighted by atomic mass is 19.1.